The molecule has 0 amide bonds. The van der Waals surface area contributed by atoms with Gasteiger partial charge in [-0.2, -0.15) is 0 Å². The Bertz CT molecular complexity index is 758. The molecule has 1 heterocycles. The van der Waals surface area contributed by atoms with Crippen LogP contribution < -0.4 is 0 Å². The molecule has 0 bridgehead atoms. The normalized spacial score (nSPS) is 32.2. The molecule has 0 unspecified atom stereocenters. The van der Waals surface area contributed by atoms with Crippen LogP contribution in [-0.4, -0.2) is 22.6 Å². The molecule has 2 aromatic rings. The Balaban J connectivity index is 1.53. The van der Waals surface area contributed by atoms with Gasteiger partial charge in [0, 0.05) is 18.0 Å². The van der Waals surface area contributed by atoms with Crippen molar-refractivity contribution in [1.29, 1.82) is 0 Å². The van der Waals surface area contributed by atoms with Gasteiger partial charge in [-0.3, -0.25) is 4.90 Å². The molecule has 0 spiro atoms. The minimum absolute atomic E-state index is 0.284. The van der Waals surface area contributed by atoms with E-state index in [1.807, 2.05) is 0 Å². The fourth-order valence-electron chi connectivity index (χ4n) is 6.04. The third kappa shape index (κ3) is 2.71. The maximum absolute atomic E-state index is 11.3. The highest BCUT2D eigenvalue weighted by Gasteiger charge is 2.45. The molecule has 2 aromatic carbocycles. The fourth-order valence-corrected chi connectivity index (χ4v) is 6.04. The number of nitrogens with zero attached hydrogens (tertiary/aromatic N) is 1. The number of rotatable bonds is 3. The molecule has 1 aliphatic heterocycles. The summed E-state index contributed by atoms with van der Waals surface area (Å²) in [4.78, 5) is 2.77. The Morgan fingerprint density at radius 3 is 2.58 bits per heavy atom. The lowest BCUT2D eigenvalue weighted by atomic mass is 9.75. The average Bonchev–Trinajstić information content (AvgIpc) is 3.30. The van der Waals surface area contributed by atoms with E-state index in [9.17, 15) is 5.11 Å². The van der Waals surface area contributed by atoms with Crippen molar-refractivity contribution in [3.05, 3.63) is 71.3 Å². The highest BCUT2D eigenvalue weighted by molar-refractivity contribution is 5.33. The third-order valence-corrected chi connectivity index (χ3v) is 7.23. The number of aryl methyl sites for hydroxylation is 1. The van der Waals surface area contributed by atoms with E-state index in [-0.39, 0.29) is 12.0 Å². The van der Waals surface area contributed by atoms with E-state index in [0.717, 1.165) is 30.4 Å². The van der Waals surface area contributed by atoms with E-state index < -0.39 is 0 Å². The highest BCUT2D eigenvalue weighted by atomic mass is 16.3. The Morgan fingerprint density at radius 2 is 1.69 bits per heavy atom. The van der Waals surface area contributed by atoms with Gasteiger partial charge in [-0.05, 0) is 61.3 Å². The molecular formula is C24H29NO. The van der Waals surface area contributed by atoms with Crippen molar-refractivity contribution in [1.82, 2.24) is 4.90 Å². The van der Waals surface area contributed by atoms with Crippen molar-refractivity contribution in [2.75, 3.05) is 6.54 Å². The molecule has 136 valence electrons. The molecule has 0 aromatic heterocycles. The van der Waals surface area contributed by atoms with Crippen molar-refractivity contribution in [2.24, 2.45) is 11.8 Å². The first-order chi connectivity index (χ1) is 12.8. The van der Waals surface area contributed by atoms with Gasteiger partial charge in [-0.25, -0.2) is 0 Å². The minimum atomic E-state index is -0.356. The molecule has 2 heteroatoms. The summed E-state index contributed by atoms with van der Waals surface area (Å²) < 4.78 is 0. The summed E-state index contributed by atoms with van der Waals surface area (Å²) in [6.07, 6.45) is 7.27. The van der Waals surface area contributed by atoms with Crippen LogP contribution in [0.1, 0.15) is 60.9 Å². The zero-order chi connectivity index (χ0) is 17.5. The van der Waals surface area contributed by atoms with Gasteiger partial charge < -0.3 is 5.11 Å². The van der Waals surface area contributed by atoms with Gasteiger partial charge in [-0.1, -0.05) is 61.0 Å². The second-order valence-electron chi connectivity index (χ2n) is 8.49. The lowest BCUT2D eigenvalue weighted by Crippen LogP contribution is -2.41. The number of aliphatic hydroxyl groups excluding tert-OH is 1. The van der Waals surface area contributed by atoms with Gasteiger partial charge >= 0.3 is 0 Å². The summed E-state index contributed by atoms with van der Waals surface area (Å²) in [5.41, 5.74) is 3.89. The van der Waals surface area contributed by atoms with Crippen LogP contribution in [0.2, 0.25) is 0 Å². The standard InChI is InChI=1S/C24H29NO/c26-24-20-11-5-4-7-17(20)13-14-21(24)23(19-8-2-1-3-9-19)25-16-15-18-10-6-12-22(18)25/h1-5,7-9,11,18,21-24,26H,6,10,12-16H2/t18-,21+,22-,23+,24+/m1/s1. The second-order valence-corrected chi connectivity index (χ2v) is 8.49. The van der Waals surface area contributed by atoms with Gasteiger partial charge in [0.15, 0.2) is 0 Å². The second kappa shape index (κ2) is 6.83. The average molecular weight is 348 g/mol. The molecule has 1 N–H and O–H groups in total. The molecular weight excluding hydrogens is 318 g/mol. The van der Waals surface area contributed by atoms with Crippen molar-refractivity contribution >= 4 is 0 Å². The van der Waals surface area contributed by atoms with Gasteiger partial charge in [0.05, 0.1) is 6.10 Å². The van der Waals surface area contributed by atoms with Crippen molar-refractivity contribution in [3.8, 4) is 0 Å². The monoisotopic (exact) mass is 347 g/mol. The predicted octanol–water partition coefficient (Wildman–Crippen LogP) is 4.90. The highest BCUT2D eigenvalue weighted by Crippen LogP contribution is 2.49. The number of hydrogen-bond acceptors (Lipinski definition) is 2. The number of hydrogen-bond donors (Lipinski definition) is 1. The third-order valence-electron chi connectivity index (χ3n) is 7.23. The Kier molecular flexibility index (Phi) is 4.34. The Labute approximate surface area is 156 Å². The largest absolute Gasteiger partial charge is 0.388 e. The molecule has 2 fully saturated rings. The lowest BCUT2D eigenvalue weighted by molar-refractivity contribution is 0.0156. The number of benzene rings is 2. The van der Waals surface area contributed by atoms with Crippen LogP contribution in [0.5, 0.6) is 0 Å². The quantitative estimate of drug-likeness (QED) is 0.854. The molecule has 1 saturated heterocycles. The summed E-state index contributed by atoms with van der Waals surface area (Å²) in [6, 6.07) is 20.6. The van der Waals surface area contributed by atoms with Gasteiger partial charge in [0.1, 0.15) is 0 Å². The molecule has 1 saturated carbocycles. The van der Waals surface area contributed by atoms with Crippen molar-refractivity contribution in [2.45, 2.75) is 56.7 Å². The molecule has 5 atom stereocenters. The molecule has 0 radical (unpaired) electrons. The summed E-state index contributed by atoms with van der Waals surface area (Å²) in [7, 11) is 0. The predicted molar refractivity (Wildman–Crippen MR) is 105 cm³/mol. The van der Waals surface area contributed by atoms with Gasteiger partial charge in [-0.15, -0.1) is 0 Å². The molecule has 3 aliphatic rings. The molecule has 2 nitrogen and oxygen atoms in total. The van der Waals surface area contributed by atoms with Crippen LogP contribution in [0.4, 0.5) is 0 Å². The molecule has 26 heavy (non-hydrogen) atoms. The van der Waals surface area contributed by atoms with Crippen LogP contribution in [-0.2, 0) is 6.42 Å². The Hall–Kier alpha value is -1.64. The topological polar surface area (TPSA) is 23.5 Å². The smallest absolute Gasteiger partial charge is 0.0839 e. The van der Waals surface area contributed by atoms with Crippen molar-refractivity contribution < 1.29 is 5.11 Å². The van der Waals surface area contributed by atoms with Gasteiger partial charge in [0.2, 0.25) is 0 Å². The van der Waals surface area contributed by atoms with E-state index in [4.69, 9.17) is 0 Å². The number of likely N-dealkylation sites (tertiary alicyclic amines) is 1. The summed E-state index contributed by atoms with van der Waals surface area (Å²) >= 11 is 0. The van der Waals surface area contributed by atoms with Gasteiger partial charge in [0.25, 0.3) is 0 Å². The SMILES string of the molecule is O[C@H]1c2ccccc2CC[C@H]1[C@H](c1ccccc1)N1CC[C@H]2CCC[C@H]21. The summed E-state index contributed by atoms with van der Waals surface area (Å²) in [5, 5.41) is 11.3. The first kappa shape index (κ1) is 16.5. The number of aliphatic hydroxyl groups is 1. The van der Waals surface area contributed by atoms with Crippen molar-refractivity contribution in [3.63, 3.8) is 0 Å². The van der Waals surface area contributed by atoms with E-state index in [1.165, 1.54) is 43.4 Å². The number of fused-ring (bicyclic) bond motifs is 2. The van der Waals surface area contributed by atoms with E-state index in [1.54, 1.807) is 0 Å². The molecule has 5 rings (SSSR count). The zero-order valence-corrected chi connectivity index (χ0v) is 15.4. The summed E-state index contributed by atoms with van der Waals surface area (Å²) in [6.45, 7) is 1.19. The maximum Gasteiger partial charge on any atom is 0.0839 e. The van der Waals surface area contributed by atoms with E-state index in [0.29, 0.717) is 6.04 Å². The maximum atomic E-state index is 11.3. The minimum Gasteiger partial charge on any atom is -0.388 e. The van der Waals surface area contributed by atoms with Crippen LogP contribution >= 0.6 is 0 Å². The Morgan fingerprint density at radius 1 is 0.885 bits per heavy atom. The van der Waals surface area contributed by atoms with E-state index in [2.05, 4.69) is 59.5 Å². The fraction of sp³-hybridized carbons (Fsp3) is 0.500. The van der Waals surface area contributed by atoms with Crippen LogP contribution in [0.3, 0.4) is 0 Å². The van der Waals surface area contributed by atoms with E-state index >= 15 is 0 Å². The summed E-state index contributed by atoms with van der Waals surface area (Å²) in [5.74, 6) is 1.17. The zero-order valence-electron chi connectivity index (χ0n) is 15.4. The lowest BCUT2D eigenvalue weighted by Gasteiger charge is -2.42. The first-order valence-electron chi connectivity index (χ1n) is 10.4. The van der Waals surface area contributed by atoms with Crippen LogP contribution in [0.25, 0.3) is 0 Å². The van der Waals surface area contributed by atoms with Crippen LogP contribution in [0, 0.1) is 11.8 Å². The molecule has 2 aliphatic carbocycles. The van der Waals surface area contributed by atoms with Crippen LogP contribution in [0.15, 0.2) is 54.6 Å². The first-order valence-corrected chi connectivity index (χ1v) is 10.4.